The summed E-state index contributed by atoms with van der Waals surface area (Å²) >= 11 is 6.20. The minimum atomic E-state index is -4.61. The van der Waals surface area contributed by atoms with Crippen LogP contribution in [0.1, 0.15) is 11.1 Å². The number of hydrogen-bond donors (Lipinski definition) is 1. The lowest BCUT2D eigenvalue weighted by Gasteiger charge is -2.25. The molecule has 12 heteroatoms. The van der Waals surface area contributed by atoms with E-state index < -0.39 is 34.2 Å². The smallest absolute Gasteiger partial charge is 0.416 e. The molecule has 0 saturated carbocycles. The first-order valence-corrected chi connectivity index (χ1v) is 12.2. The van der Waals surface area contributed by atoms with Crippen molar-refractivity contribution in [2.75, 3.05) is 30.4 Å². The van der Waals surface area contributed by atoms with Crippen molar-refractivity contribution >= 4 is 38.9 Å². The van der Waals surface area contributed by atoms with Gasteiger partial charge in [-0.05, 0) is 61.0 Å². The number of alkyl halides is 3. The van der Waals surface area contributed by atoms with Crippen molar-refractivity contribution in [3.05, 3.63) is 76.8 Å². The van der Waals surface area contributed by atoms with Gasteiger partial charge in [-0.1, -0.05) is 23.7 Å². The number of aryl methyl sites for hydroxylation is 1. The number of hydrogen-bond acceptors (Lipinski definition) is 5. The Bertz CT molecular complexity index is 1380. The van der Waals surface area contributed by atoms with Gasteiger partial charge in [-0.3, -0.25) is 9.10 Å². The van der Waals surface area contributed by atoms with Crippen LogP contribution in [-0.2, 0) is 21.0 Å². The molecule has 192 valence electrons. The van der Waals surface area contributed by atoms with Crippen LogP contribution < -0.4 is 19.1 Å². The Morgan fingerprint density at radius 1 is 1.00 bits per heavy atom. The minimum absolute atomic E-state index is 0.0311. The molecule has 0 fully saturated rings. The third kappa shape index (κ3) is 6.03. The summed E-state index contributed by atoms with van der Waals surface area (Å²) in [5, 5.41) is 2.41. The fourth-order valence-electron chi connectivity index (χ4n) is 3.33. The van der Waals surface area contributed by atoms with Gasteiger partial charge in [0.25, 0.3) is 10.0 Å². The normalized spacial score (nSPS) is 11.6. The van der Waals surface area contributed by atoms with Crippen molar-refractivity contribution in [3.63, 3.8) is 0 Å². The predicted octanol–water partition coefficient (Wildman–Crippen LogP) is 5.52. The summed E-state index contributed by atoms with van der Waals surface area (Å²) in [5.41, 5.74) is -0.455. The highest BCUT2D eigenvalue weighted by Crippen LogP contribution is 2.35. The quantitative estimate of drug-likeness (QED) is 0.405. The molecular weight excluding hydrogens is 521 g/mol. The van der Waals surface area contributed by atoms with Crippen LogP contribution in [-0.4, -0.2) is 35.1 Å². The zero-order valence-electron chi connectivity index (χ0n) is 19.4. The fourth-order valence-corrected chi connectivity index (χ4v) is 5.24. The number of carbonyl (C=O) groups is 1. The second kappa shape index (κ2) is 10.7. The van der Waals surface area contributed by atoms with Crippen LogP contribution in [0.2, 0.25) is 5.02 Å². The van der Waals surface area contributed by atoms with Gasteiger partial charge in [-0.15, -0.1) is 0 Å². The average Bonchev–Trinajstić information content (AvgIpc) is 2.82. The van der Waals surface area contributed by atoms with Gasteiger partial charge < -0.3 is 14.8 Å². The van der Waals surface area contributed by atoms with E-state index in [4.69, 9.17) is 21.1 Å². The van der Waals surface area contributed by atoms with Gasteiger partial charge in [0.1, 0.15) is 22.9 Å². The monoisotopic (exact) mass is 542 g/mol. The van der Waals surface area contributed by atoms with Gasteiger partial charge >= 0.3 is 6.18 Å². The molecule has 0 saturated heterocycles. The number of carbonyl (C=O) groups excluding carboxylic acids is 1. The minimum Gasteiger partial charge on any atom is -0.495 e. The summed E-state index contributed by atoms with van der Waals surface area (Å²) in [6.45, 7) is 0.922. The molecule has 0 atom stereocenters. The molecule has 36 heavy (non-hydrogen) atoms. The largest absolute Gasteiger partial charge is 0.495 e. The molecule has 7 nitrogen and oxygen atoms in total. The number of rotatable bonds is 8. The maximum absolute atomic E-state index is 13.7. The Morgan fingerprint density at radius 2 is 1.67 bits per heavy atom. The number of methoxy groups -OCH3 is 2. The first-order valence-electron chi connectivity index (χ1n) is 10.3. The molecule has 0 unspecified atom stereocenters. The molecule has 0 bridgehead atoms. The Morgan fingerprint density at radius 3 is 2.28 bits per heavy atom. The lowest BCUT2D eigenvalue weighted by Crippen LogP contribution is -2.38. The maximum Gasteiger partial charge on any atom is 0.416 e. The molecular formula is C24H22ClF3N2O5S. The summed E-state index contributed by atoms with van der Waals surface area (Å²) in [5.74, 6) is -0.556. The number of nitrogens with one attached hydrogen (secondary N) is 1. The van der Waals surface area contributed by atoms with E-state index in [2.05, 4.69) is 5.32 Å². The van der Waals surface area contributed by atoms with E-state index >= 15 is 0 Å². The average molecular weight is 543 g/mol. The number of ether oxygens (including phenoxy) is 2. The number of amides is 1. The molecule has 1 amide bonds. The van der Waals surface area contributed by atoms with Crippen molar-refractivity contribution in [1.29, 1.82) is 0 Å². The molecule has 0 heterocycles. The van der Waals surface area contributed by atoms with Gasteiger partial charge in [0.2, 0.25) is 5.91 Å². The third-order valence-corrected chi connectivity index (χ3v) is 7.16. The van der Waals surface area contributed by atoms with Crippen LogP contribution in [0.15, 0.2) is 65.6 Å². The van der Waals surface area contributed by atoms with Crippen molar-refractivity contribution in [1.82, 2.24) is 0 Å². The zero-order valence-corrected chi connectivity index (χ0v) is 21.0. The number of sulfonamides is 1. The summed E-state index contributed by atoms with van der Waals surface area (Å²) in [6.07, 6.45) is -4.61. The zero-order chi connectivity index (χ0) is 26.7. The molecule has 3 aromatic rings. The van der Waals surface area contributed by atoms with Gasteiger partial charge in [-0.2, -0.15) is 13.2 Å². The van der Waals surface area contributed by atoms with Crippen LogP contribution in [0, 0.1) is 6.92 Å². The van der Waals surface area contributed by atoms with Crippen molar-refractivity contribution in [2.45, 2.75) is 18.0 Å². The van der Waals surface area contributed by atoms with Crippen LogP contribution in [0.25, 0.3) is 0 Å². The molecule has 3 rings (SSSR count). The SMILES string of the molecule is COc1ccc(N(CC(=O)Nc2cccc(C(F)(F)F)c2)S(=O)(=O)c2cc(C)ccc2OC)cc1Cl. The van der Waals surface area contributed by atoms with E-state index in [9.17, 15) is 26.4 Å². The van der Waals surface area contributed by atoms with E-state index in [1.54, 1.807) is 13.0 Å². The van der Waals surface area contributed by atoms with Crippen LogP contribution in [0.4, 0.5) is 24.5 Å². The first kappa shape index (κ1) is 27.2. The first-order chi connectivity index (χ1) is 16.9. The van der Waals surface area contributed by atoms with Crippen LogP contribution >= 0.6 is 11.6 Å². The van der Waals surface area contributed by atoms with Gasteiger partial charge in [0.15, 0.2) is 0 Å². The highest BCUT2D eigenvalue weighted by Gasteiger charge is 2.32. The highest BCUT2D eigenvalue weighted by atomic mass is 35.5. The topological polar surface area (TPSA) is 84.9 Å². The molecule has 0 aromatic heterocycles. The van der Waals surface area contributed by atoms with Crippen molar-refractivity contribution < 1.29 is 35.9 Å². The lowest BCUT2D eigenvalue weighted by atomic mass is 10.2. The second-order valence-corrected chi connectivity index (χ2v) is 9.85. The van der Waals surface area contributed by atoms with E-state index in [0.717, 1.165) is 22.5 Å². The lowest BCUT2D eigenvalue weighted by molar-refractivity contribution is -0.137. The summed E-state index contributed by atoms with van der Waals surface area (Å²) < 4.78 is 77.8. The third-order valence-electron chi connectivity index (χ3n) is 5.07. The highest BCUT2D eigenvalue weighted by molar-refractivity contribution is 7.93. The van der Waals surface area contributed by atoms with Gasteiger partial charge in [-0.25, -0.2) is 8.42 Å². The van der Waals surface area contributed by atoms with E-state index in [0.29, 0.717) is 5.56 Å². The van der Waals surface area contributed by atoms with Gasteiger partial charge in [0.05, 0.1) is 30.5 Å². The summed E-state index contributed by atoms with van der Waals surface area (Å²) in [4.78, 5) is 12.7. The van der Waals surface area contributed by atoms with E-state index in [1.807, 2.05) is 0 Å². The fraction of sp³-hybridized carbons (Fsp3) is 0.208. The Hall–Kier alpha value is -3.44. The predicted molar refractivity (Wildman–Crippen MR) is 130 cm³/mol. The number of benzene rings is 3. The van der Waals surface area contributed by atoms with Crippen LogP contribution in [0.3, 0.4) is 0 Å². The molecule has 0 aliphatic heterocycles. The summed E-state index contributed by atoms with van der Waals surface area (Å²) in [7, 11) is -1.72. The Balaban J connectivity index is 2.04. The molecule has 0 aliphatic carbocycles. The molecule has 0 spiro atoms. The maximum atomic E-state index is 13.7. The van der Waals surface area contributed by atoms with E-state index in [-0.39, 0.29) is 32.8 Å². The molecule has 1 N–H and O–H groups in total. The number of nitrogens with zero attached hydrogens (tertiary/aromatic N) is 1. The second-order valence-electron chi connectivity index (χ2n) is 7.61. The standard InChI is InChI=1S/C24H22ClF3N2O5S/c1-15-7-9-21(35-3)22(11-15)36(32,33)30(18-8-10-20(34-2)19(25)13-18)14-23(31)29-17-6-4-5-16(12-17)24(26,27)28/h4-13H,14H2,1-3H3,(H,29,31). The Kier molecular flexibility index (Phi) is 8.05. The Labute approximate surface area is 211 Å². The van der Waals surface area contributed by atoms with Crippen molar-refractivity contribution in [3.8, 4) is 11.5 Å². The molecule has 0 radical (unpaired) electrons. The van der Waals surface area contributed by atoms with Crippen LogP contribution in [0.5, 0.6) is 11.5 Å². The molecule has 0 aliphatic rings. The van der Waals surface area contributed by atoms with E-state index in [1.165, 1.54) is 50.6 Å². The number of halogens is 4. The summed E-state index contributed by atoms with van der Waals surface area (Å²) in [6, 6.07) is 12.7. The van der Waals surface area contributed by atoms with Gasteiger partial charge in [0, 0.05) is 5.69 Å². The number of anilines is 2. The van der Waals surface area contributed by atoms with Crippen molar-refractivity contribution in [2.24, 2.45) is 0 Å². The molecule has 3 aromatic carbocycles.